The summed E-state index contributed by atoms with van der Waals surface area (Å²) in [6.45, 7) is 1.37. The molecule has 0 aliphatic heterocycles. The number of halogens is 4. The Morgan fingerprint density at radius 2 is 1.62 bits per heavy atom. The van der Waals surface area contributed by atoms with Crippen molar-refractivity contribution in [2.75, 3.05) is 4.90 Å². The summed E-state index contributed by atoms with van der Waals surface area (Å²) < 4.78 is 1.86. The number of hydrogen-bond donors (Lipinski definition) is 1. The smallest absolute Gasteiger partial charge is 1.00 e. The van der Waals surface area contributed by atoms with Crippen LogP contribution in [0.1, 0.15) is 44.1 Å². The molecule has 1 N–H and O–H groups in total. The summed E-state index contributed by atoms with van der Waals surface area (Å²) in [5, 5.41) is 29.4. The number of aromatic nitrogens is 1. The number of anilines is 1. The maximum Gasteiger partial charge on any atom is 2.00 e. The van der Waals surface area contributed by atoms with Crippen molar-refractivity contribution in [1.82, 2.24) is 0 Å². The Balaban J connectivity index is 0. The minimum Gasteiger partial charge on any atom is -1.00 e. The van der Waals surface area contributed by atoms with Gasteiger partial charge in [-0.1, -0.05) is 49.6 Å². The Hall–Kier alpha value is -1.28. The molecule has 1 aliphatic carbocycles. The van der Waals surface area contributed by atoms with Crippen LogP contribution in [-0.2, 0) is 32.6 Å². The topological polar surface area (TPSA) is 78.7 Å². The van der Waals surface area contributed by atoms with Crippen LogP contribution in [0.25, 0.3) is 0 Å². The van der Waals surface area contributed by atoms with Crippen LogP contribution < -0.4 is 51.8 Å². The van der Waals surface area contributed by atoms with Crippen molar-refractivity contribution in [1.29, 1.82) is 5.41 Å². The second-order valence-corrected chi connectivity index (χ2v) is 9.05. The predicted octanol–water partition coefficient (Wildman–Crippen LogP) is -3.05. The monoisotopic (exact) mass is 652 g/mol. The van der Waals surface area contributed by atoms with E-state index in [1.54, 1.807) is 0 Å². The number of thiazole rings is 1. The molecule has 198 valence electrons. The number of hydrogen-bond acceptors (Lipinski definition) is 6. The molecule has 0 bridgehead atoms. The van der Waals surface area contributed by atoms with Crippen molar-refractivity contribution >= 4 is 46.1 Å². The molecule has 1 saturated carbocycles. The van der Waals surface area contributed by atoms with Crippen molar-refractivity contribution in [2.24, 2.45) is 10.2 Å². The van der Waals surface area contributed by atoms with Gasteiger partial charge < -0.3 is 52.6 Å². The molecule has 0 atom stereocenters. The average molecular weight is 656 g/mol. The number of aryl methyl sites for hydroxylation is 1. The fourth-order valence-corrected chi connectivity index (χ4v) is 4.89. The third kappa shape index (κ3) is 11.6. The quantitative estimate of drug-likeness (QED) is 0.0875. The van der Waals surface area contributed by atoms with Crippen LogP contribution in [0, 0.1) is 5.41 Å². The molecule has 0 unspecified atom stereocenters. The summed E-state index contributed by atoms with van der Waals surface area (Å²) in [5.41, 5.74) is 3.35. The standard InChI is InChI=1S/C25H29N5OS.4ClH.Zn/c26-24(31)15-16-29-17-18-32-25(29)28-27-21-11-13-23(14-12-21)30(22-9-5-2-6-10-22)19-20-7-3-1-4-8-20;;;;;/h1,3-4,7-8,11-14,17-18,22H,2,5-6,9-10,15-16,19H2,(H-,26,31);4*1H;/q;;;;;+2/p-3. The first-order valence-electron chi connectivity index (χ1n) is 11.2. The maximum atomic E-state index is 10.9. The van der Waals surface area contributed by atoms with E-state index in [4.69, 9.17) is 5.41 Å². The van der Waals surface area contributed by atoms with Crippen molar-refractivity contribution in [2.45, 2.75) is 57.7 Å². The Morgan fingerprint density at radius 3 is 2.24 bits per heavy atom. The van der Waals surface area contributed by atoms with Gasteiger partial charge in [0.1, 0.15) is 11.9 Å². The van der Waals surface area contributed by atoms with Crippen molar-refractivity contribution in [3.05, 3.63) is 71.7 Å². The first kappa shape index (κ1) is 37.9. The van der Waals surface area contributed by atoms with Gasteiger partial charge in [0.2, 0.25) is 0 Å². The van der Waals surface area contributed by atoms with E-state index in [1.165, 1.54) is 54.7 Å². The van der Waals surface area contributed by atoms with Gasteiger partial charge in [-0.2, -0.15) is 0 Å². The van der Waals surface area contributed by atoms with Gasteiger partial charge in [0, 0.05) is 30.1 Å². The molecular formula is C25H30Cl4N5OSZn-. The van der Waals surface area contributed by atoms with Crippen molar-refractivity contribution in [3.8, 4) is 0 Å². The zero-order chi connectivity index (χ0) is 22.2. The zero-order valence-corrected chi connectivity index (χ0v) is 27.3. The van der Waals surface area contributed by atoms with Gasteiger partial charge in [-0.05, 0) is 65.0 Å². The number of azo groups is 1. The number of nitrogens with one attached hydrogen (secondary N) is 1. The van der Waals surface area contributed by atoms with Gasteiger partial charge in [0.05, 0.1) is 11.7 Å². The Kier molecular flexibility index (Phi) is 20.2. The summed E-state index contributed by atoms with van der Waals surface area (Å²) >= 11 is 1.47. The number of benzene rings is 2. The van der Waals surface area contributed by atoms with Gasteiger partial charge in [-0.25, -0.2) is 4.57 Å². The molecule has 0 amide bonds. The Labute approximate surface area is 260 Å². The zero-order valence-electron chi connectivity index (χ0n) is 20.4. The SMILES string of the molecule is Cl.N=C([O-])CC[n+]1ccsc1N=Nc1ccc(N(Cc2ccccc2)C2CCCCC2)cc1.[Cl-].[Cl-].[Cl-].[Zn+2]. The van der Waals surface area contributed by atoms with E-state index in [0.29, 0.717) is 12.6 Å². The van der Waals surface area contributed by atoms with E-state index in [1.807, 2.05) is 28.3 Å². The first-order chi connectivity index (χ1) is 15.7. The number of rotatable bonds is 9. The van der Waals surface area contributed by atoms with Crippen LogP contribution >= 0.6 is 23.7 Å². The number of nitrogens with zero attached hydrogens (tertiary/aromatic N) is 4. The predicted molar refractivity (Wildman–Crippen MR) is 134 cm³/mol. The van der Waals surface area contributed by atoms with E-state index in [0.717, 1.165) is 17.4 Å². The van der Waals surface area contributed by atoms with Gasteiger partial charge in [0.25, 0.3) is 0 Å². The van der Waals surface area contributed by atoms with Gasteiger partial charge in [-0.3, -0.25) is 0 Å². The molecule has 1 aliphatic rings. The second-order valence-electron chi connectivity index (χ2n) is 8.17. The van der Waals surface area contributed by atoms with Crippen LogP contribution in [0.15, 0.2) is 76.4 Å². The molecule has 0 saturated heterocycles. The minimum atomic E-state index is -0.569. The fourth-order valence-electron chi connectivity index (χ4n) is 4.18. The molecule has 6 nitrogen and oxygen atoms in total. The van der Waals surface area contributed by atoms with Crippen molar-refractivity contribution in [3.63, 3.8) is 0 Å². The molecule has 1 fully saturated rings. The van der Waals surface area contributed by atoms with E-state index in [-0.39, 0.29) is 75.5 Å². The van der Waals surface area contributed by atoms with E-state index in [2.05, 4.69) is 57.6 Å². The summed E-state index contributed by atoms with van der Waals surface area (Å²) in [7, 11) is 0. The van der Waals surface area contributed by atoms with Crippen LogP contribution in [0.2, 0.25) is 0 Å². The van der Waals surface area contributed by atoms with Crippen LogP contribution in [-0.4, -0.2) is 11.9 Å². The average Bonchev–Trinajstić information content (AvgIpc) is 3.29. The van der Waals surface area contributed by atoms with Crippen LogP contribution in [0.3, 0.4) is 0 Å². The third-order valence-corrected chi connectivity index (χ3v) is 6.67. The fraction of sp³-hybridized carbons (Fsp3) is 0.360. The van der Waals surface area contributed by atoms with Gasteiger partial charge >= 0.3 is 24.6 Å². The third-order valence-electron chi connectivity index (χ3n) is 5.88. The van der Waals surface area contributed by atoms with E-state index < -0.39 is 5.90 Å². The van der Waals surface area contributed by atoms with Gasteiger partial charge in [0.15, 0.2) is 0 Å². The summed E-state index contributed by atoms with van der Waals surface area (Å²) in [6, 6.07) is 19.6. The normalized spacial score (nSPS) is 12.6. The van der Waals surface area contributed by atoms with Gasteiger partial charge in [-0.15, -0.1) is 12.4 Å². The molecule has 0 radical (unpaired) electrons. The first-order valence-corrected chi connectivity index (χ1v) is 12.1. The van der Waals surface area contributed by atoms with Crippen LogP contribution in [0.5, 0.6) is 0 Å². The molecule has 1 aromatic heterocycles. The molecule has 12 heteroatoms. The van der Waals surface area contributed by atoms with Crippen LogP contribution in [0.4, 0.5) is 16.5 Å². The molecule has 0 spiro atoms. The second kappa shape index (κ2) is 19.7. The van der Waals surface area contributed by atoms with E-state index >= 15 is 0 Å². The molecule has 3 aromatic rings. The molecule has 4 rings (SSSR count). The largest absolute Gasteiger partial charge is 2.00 e. The summed E-state index contributed by atoms with van der Waals surface area (Å²) in [4.78, 5) is 2.54. The molecule has 2 aromatic carbocycles. The van der Waals surface area contributed by atoms with Crippen molar-refractivity contribution < 1.29 is 66.4 Å². The minimum absolute atomic E-state index is 0. The van der Waals surface area contributed by atoms with E-state index in [9.17, 15) is 5.11 Å². The summed E-state index contributed by atoms with van der Waals surface area (Å²) in [5.74, 6) is -0.569. The Morgan fingerprint density at radius 1 is 0.973 bits per heavy atom. The summed E-state index contributed by atoms with van der Waals surface area (Å²) in [6.07, 6.45) is 8.48. The molecular weight excluding hydrogens is 626 g/mol. The molecule has 37 heavy (non-hydrogen) atoms. The molecule has 1 heterocycles. The Bertz CT molecular complexity index is 1050. The maximum absolute atomic E-state index is 10.9.